The lowest BCUT2D eigenvalue weighted by molar-refractivity contribution is -0.132. The Bertz CT molecular complexity index is 679. The van der Waals surface area contributed by atoms with Gasteiger partial charge in [0, 0.05) is 13.1 Å². The number of para-hydroxylation sites is 1. The highest BCUT2D eigenvalue weighted by molar-refractivity contribution is 8.00. The van der Waals surface area contributed by atoms with Crippen molar-refractivity contribution in [2.24, 2.45) is 11.8 Å². The van der Waals surface area contributed by atoms with Gasteiger partial charge in [-0.2, -0.15) is 4.68 Å². The van der Waals surface area contributed by atoms with Crippen molar-refractivity contribution in [1.82, 2.24) is 25.1 Å². The second-order valence-electron chi connectivity index (χ2n) is 6.66. The van der Waals surface area contributed by atoms with Gasteiger partial charge < -0.3 is 4.90 Å². The number of thioether (sulfide) groups is 1. The van der Waals surface area contributed by atoms with Crippen LogP contribution in [0.15, 0.2) is 35.5 Å². The monoisotopic (exact) mass is 345 g/mol. The maximum Gasteiger partial charge on any atom is 0.235 e. The van der Waals surface area contributed by atoms with E-state index in [0.29, 0.717) is 17.0 Å². The lowest BCUT2D eigenvalue weighted by Gasteiger charge is -2.36. The molecule has 1 aromatic heterocycles. The zero-order valence-electron chi connectivity index (χ0n) is 14.3. The Kier molecular flexibility index (Phi) is 5.18. The van der Waals surface area contributed by atoms with E-state index in [4.69, 9.17) is 0 Å². The van der Waals surface area contributed by atoms with Crippen LogP contribution in [-0.4, -0.2) is 49.4 Å². The fraction of sp³-hybridized carbons (Fsp3) is 0.529. The van der Waals surface area contributed by atoms with Crippen LogP contribution in [0.3, 0.4) is 0 Å². The minimum atomic E-state index is -0.212. The fourth-order valence-corrected chi connectivity index (χ4v) is 4.18. The summed E-state index contributed by atoms with van der Waals surface area (Å²) in [7, 11) is 0. The summed E-state index contributed by atoms with van der Waals surface area (Å²) in [5, 5.41) is 12.3. The molecule has 1 aliphatic heterocycles. The van der Waals surface area contributed by atoms with Crippen LogP contribution in [0.2, 0.25) is 0 Å². The second-order valence-corrected chi connectivity index (χ2v) is 7.97. The molecule has 3 rings (SSSR count). The van der Waals surface area contributed by atoms with Crippen LogP contribution >= 0.6 is 11.8 Å². The Labute approximate surface area is 146 Å². The number of aromatic nitrogens is 4. The number of piperidine rings is 1. The predicted molar refractivity (Wildman–Crippen MR) is 94.0 cm³/mol. The van der Waals surface area contributed by atoms with Gasteiger partial charge >= 0.3 is 0 Å². The average Bonchev–Trinajstić information content (AvgIpc) is 3.02. The molecule has 1 amide bonds. The third kappa shape index (κ3) is 3.77. The van der Waals surface area contributed by atoms with Gasteiger partial charge in [0.2, 0.25) is 11.1 Å². The van der Waals surface area contributed by atoms with Gasteiger partial charge in [-0.05, 0) is 47.7 Å². The SMILES string of the molecule is C[C@H]1C[C@H](C)CN(C(=O)[C@@H](C)Sc2nnnn2-c2ccccc2)C1. The van der Waals surface area contributed by atoms with E-state index in [1.54, 1.807) is 4.68 Å². The highest BCUT2D eigenvalue weighted by Crippen LogP contribution is 2.27. The molecular formula is C17H23N5OS. The largest absolute Gasteiger partial charge is 0.341 e. The number of hydrogen-bond acceptors (Lipinski definition) is 5. The van der Waals surface area contributed by atoms with Crippen LogP contribution in [0.1, 0.15) is 27.2 Å². The van der Waals surface area contributed by atoms with Gasteiger partial charge in [-0.25, -0.2) is 0 Å². The van der Waals surface area contributed by atoms with E-state index in [-0.39, 0.29) is 11.2 Å². The lowest BCUT2D eigenvalue weighted by atomic mass is 9.92. The van der Waals surface area contributed by atoms with E-state index in [1.807, 2.05) is 42.2 Å². The standard InChI is InChI=1S/C17H23N5OS/c1-12-9-13(2)11-21(10-12)16(23)14(3)24-17-18-19-20-22(17)15-7-5-4-6-8-15/h4-8,12-14H,9-11H2,1-3H3/t12-,13-,14+/m0/s1. The first-order chi connectivity index (χ1) is 11.5. The van der Waals surface area contributed by atoms with Crippen LogP contribution in [-0.2, 0) is 4.79 Å². The summed E-state index contributed by atoms with van der Waals surface area (Å²) < 4.78 is 1.68. The van der Waals surface area contributed by atoms with Crippen molar-refractivity contribution in [3.05, 3.63) is 30.3 Å². The van der Waals surface area contributed by atoms with E-state index in [0.717, 1.165) is 18.8 Å². The molecule has 0 spiro atoms. The van der Waals surface area contributed by atoms with Crippen LogP contribution in [0.25, 0.3) is 5.69 Å². The van der Waals surface area contributed by atoms with Crippen LogP contribution < -0.4 is 0 Å². The molecule has 1 aliphatic rings. The van der Waals surface area contributed by atoms with Crippen molar-refractivity contribution in [1.29, 1.82) is 0 Å². The molecule has 0 radical (unpaired) electrons. The van der Waals surface area contributed by atoms with Crippen molar-refractivity contribution < 1.29 is 4.79 Å². The number of benzene rings is 1. The van der Waals surface area contributed by atoms with E-state index in [9.17, 15) is 4.79 Å². The van der Waals surface area contributed by atoms with Gasteiger partial charge in [-0.3, -0.25) is 4.79 Å². The molecule has 1 aromatic carbocycles. The molecule has 0 unspecified atom stereocenters. The molecule has 3 atom stereocenters. The van der Waals surface area contributed by atoms with Crippen LogP contribution in [0, 0.1) is 11.8 Å². The predicted octanol–water partition coefficient (Wildman–Crippen LogP) is 2.65. The summed E-state index contributed by atoms with van der Waals surface area (Å²) in [5.74, 6) is 1.29. The zero-order chi connectivity index (χ0) is 17.1. The Balaban J connectivity index is 1.70. The summed E-state index contributed by atoms with van der Waals surface area (Å²) >= 11 is 1.41. The molecule has 0 saturated carbocycles. The molecule has 24 heavy (non-hydrogen) atoms. The topological polar surface area (TPSA) is 63.9 Å². The number of likely N-dealkylation sites (tertiary alicyclic amines) is 1. The molecule has 128 valence electrons. The Morgan fingerprint density at radius 1 is 1.21 bits per heavy atom. The molecule has 2 aromatic rings. The smallest absolute Gasteiger partial charge is 0.235 e. The molecule has 1 fully saturated rings. The molecule has 1 saturated heterocycles. The molecular weight excluding hydrogens is 322 g/mol. The summed E-state index contributed by atoms with van der Waals surface area (Å²) in [6.07, 6.45) is 1.19. The maximum atomic E-state index is 12.8. The first kappa shape index (κ1) is 17.0. The molecule has 0 bridgehead atoms. The second kappa shape index (κ2) is 7.34. The van der Waals surface area contributed by atoms with Crippen molar-refractivity contribution >= 4 is 17.7 Å². The number of amides is 1. The first-order valence-corrected chi connectivity index (χ1v) is 9.21. The van der Waals surface area contributed by atoms with Gasteiger partial charge in [0.05, 0.1) is 10.9 Å². The molecule has 6 nitrogen and oxygen atoms in total. The van der Waals surface area contributed by atoms with Gasteiger partial charge in [-0.1, -0.05) is 43.8 Å². The number of rotatable bonds is 4. The first-order valence-electron chi connectivity index (χ1n) is 8.34. The number of hydrogen-bond donors (Lipinski definition) is 0. The minimum Gasteiger partial charge on any atom is -0.341 e. The Morgan fingerprint density at radius 3 is 2.54 bits per heavy atom. The molecule has 7 heteroatoms. The van der Waals surface area contributed by atoms with Crippen molar-refractivity contribution in [2.75, 3.05) is 13.1 Å². The van der Waals surface area contributed by atoms with E-state index in [1.165, 1.54) is 18.2 Å². The highest BCUT2D eigenvalue weighted by atomic mass is 32.2. The van der Waals surface area contributed by atoms with E-state index < -0.39 is 0 Å². The third-order valence-electron chi connectivity index (χ3n) is 4.25. The maximum absolute atomic E-state index is 12.8. The quantitative estimate of drug-likeness (QED) is 0.797. The summed E-state index contributed by atoms with van der Waals surface area (Å²) in [6.45, 7) is 8.05. The number of nitrogens with zero attached hydrogens (tertiary/aromatic N) is 5. The molecule has 0 aliphatic carbocycles. The lowest BCUT2D eigenvalue weighted by Crippen LogP contribution is -2.45. The Hall–Kier alpha value is -1.89. The van der Waals surface area contributed by atoms with Crippen molar-refractivity contribution in [3.8, 4) is 5.69 Å². The minimum absolute atomic E-state index is 0.168. The molecule has 2 heterocycles. The fourth-order valence-electron chi connectivity index (χ4n) is 3.29. The summed E-state index contributed by atoms with van der Waals surface area (Å²) in [5.41, 5.74) is 0.893. The van der Waals surface area contributed by atoms with Crippen LogP contribution in [0.5, 0.6) is 0 Å². The highest BCUT2D eigenvalue weighted by Gasteiger charge is 2.29. The van der Waals surface area contributed by atoms with E-state index >= 15 is 0 Å². The van der Waals surface area contributed by atoms with Gasteiger partial charge in [-0.15, -0.1) is 5.10 Å². The van der Waals surface area contributed by atoms with E-state index in [2.05, 4.69) is 29.4 Å². The van der Waals surface area contributed by atoms with Crippen molar-refractivity contribution in [2.45, 2.75) is 37.6 Å². The van der Waals surface area contributed by atoms with Gasteiger partial charge in [0.15, 0.2) is 0 Å². The number of carbonyl (C=O) groups excluding carboxylic acids is 1. The average molecular weight is 345 g/mol. The normalized spacial score (nSPS) is 22.4. The third-order valence-corrected chi connectivity index (χ3v) is 5.27. The van der Waals surface area contributed by atoms with Crippen LogP contribution in [0.4, 0.5) is 0 Å². The molecule has 0 N–H and O–H groups in total. The summed E-state index contributed by atoms with van der Waals surface area (Å²) in [4.78, 5) is 14.8. The Morgan fingerprint density at radius 2 is 1.88 bits per heavy atom. The van der Waals surface area contributed by atoms with Gasteiger partial charge in [0.25, 0.3) is 0 Å². The number of tetrazole rings is 1. The van der Waals surface area contributed by atoms with Crippen molar-refractivity contribution in [3.63, 3.8) is 0 Å². The zero-order valence-corrected chi connectivity index (χ0v) is 15.1. The van der Waals surface area contributed by atoms with Gasteiger partial charge in [0.1, 0.15) is 0 Å². The summed E-state index contributed by atoms with van der Waals surface area (Å²) in [6, 6.07) is 9.72. The number of carbonyl (C=O) groups is 1.